The van der Waals surface area contributed by atoms with Gasteiger partial charge in [-0.25, -0.2) is 0 Å². The van der Waals surface area contributed by atoms with Crippen molar-refractivity contribution in [2.45, 2.75) is 41.5 Å². The van der Waals surface area contributed by atoms with E-state index < -0.39 is 0 Å². The Balaban J connectivity index is 2.60. The molecule has 2 aromatic rings. The van der Waals surface area contributed by atoms with Gasteiger partial charge in [0.1, 0.15) is 0 Å². The van der Waals surface area contributed by atoms with Crippen LogP contribution in [-0.2, 0) is 0 Å². The number of anilines is 2. The van der Waals surface area contributed by atoms with Gasteiger partial charge in [0, 0.05) is 18.4 Å². The van der Waals surface area contributed by atoms with Gasteiger partial charge in [0.05, 0.1) is 0 Å². The highest BCUT2D eigenvalue weighted by Crippen LogP contribution is 2.35. The third-order valence-electron chi connectivity index (χ3n) is 4.72. The van der Waals surface area contributed by atoms with E-state index in [4.69, 9.17) is 0 Å². The van der Waals surface area contributed by atoms with Crippen LogP contribution in [0.25, 0.3) is 0 Å². The standard InChI is InChI=1S/C19H25N/c1-12-8-10-18(11-9-12)20(7)19-16(5)14(3)13(2)15(4)17(19)6/h8-11H,1-7H3. The van der Waals surface area contributed by atoms with Crippen molar-refractivity contribution in [1.29, 1.82) is 0 Å². The molecule has 0 radical (unpaired) electrons. The Bertz CT molecular complexity index is 607. The maximum atomic E-state index is 2.31. The Kier molecular flexibility index (Phi) is 3.89. The minimum Gasteiger partial charge on any atom is -0.344 e. The smallest absolute Gasteiger partial charge is 0.0473 e. The first-order valence-corrected chi connectivity index (χ1v) is 7.22. The molecule has 0 bridgehead atoms. The van der Waals surface area contributed by atoms with Gasteiger partial charge < -0.3 is 4.90 Å². The lowest BCUT2D eigenvalue weighted by molar-refractivity contribution is 1.10. The molecule has 2 rings (SSSR count). The second-order valence-electron chi connectivity index (χ2n) is 5.87. The Morgan fingerprint density at radius 1 is 0.600 bits per heavy atom. The summed E-state index contributed by atoms with van der Waals surface area (Å²) >= 11 is 0. The molecule has 0 aromatic heterocycles. The fourth-order valence-corrected chi connectivity index (χ4v) is 2.88. The molecule has 0 unspecified atom stereocenters. The topological polar surface area (TPSA) is 3.24 Å². The van der Waals surface area contributed by atoms with E-state index in [0.717, 1.165) is 0 Å². The Morgan fingerprint density at radius 2 is 1.00 bits per heavy atom. The second-order valence-corrected chi connectivity index (χ2v) is 5.87. The quantitative estimate of drug-likeness (QED) is 0.713. The molecule has 1 heteroatoms. The summed E-state index contributed by atoms with van der Waals surface area (Å²) in [6.45, 7) is 13.3. The van der Waals surface area contributed by atoms with E-state index in [1.807, 2.05) is 0 Å². The van der Waals surface area contributed by atoms with Crippen LogP contribution in [0.3, 0.4) is 0 Å². The molecular weight excluding hydrogens is 242 g/mol. The minimum absolute atomic E-state index is 1.24. The van der Waals surface area contributed by atoms with Gasteiger partial charge in [-0.2, -0.15) is 0 Å². The molecule has 20 heavy (non-hydrogen) atoms. The van der Waals surface area contributed by atoms with Gasteiger partial charge in [-0.05, 0) is 81.5 Å². The number of hydrogen-bond acceptors (Lipinski definition) is 1. The zero-order chi connectivity index (χ0) is 15.0. The van der Waals surface area contributed by atoms with E-state index in [1.165, 1.54) is 44.8 Å². The molecule has 0 saturated heterocycles. The minimum atomic E-state index is 1.24. The zero-order valence-corrected chi connectivity index (χ0v) is 13.8. The first-order valence-electron chi connectivity index (χ1n) is 7.22. The molecule has 0 atom stereocenters. The Hall–Kier alpha value is -1.76. The molecule has 0 N–H and O–H groups in total. The first-order chi connectivity index (χ1) is 9.34. The highest BCUT2D eigenvalue weighted by molar-refractivity contribution is 5.72. The number of aryl methyl sites for hydroxylation is 1. The molecule has 1 nitrogen and oxygen atoms in total. The Labute approximate surface area is 123 Å². The highest BCUT2D eigenvalue weighted by atomic mass is 15.1. The molecule has 0 saturated carbocycles. The Morgan fingerprint density at radius 3 is 1.45 bits per heavy atom. The van der Waals surface area contributed by atoms with Gasteiger partial charge >= 0.3 is 0 Å². The molecule has 0 aliphatic heterocycles. The lowest BCUT2D eigenvalue weighted by Gasteiger charge is -2.27. The summed E-state index contributed by atoms with van der Waals surface area (Å²) in [5.41, 5.74) is 10.9. The van der Waals surface area contributed by atoms with Crippen molar-refractivity contribution in [1.82, 2.24) is 0 Å². The molecule has 0 heterocycles. The summed E-state index contributed by atoms with van der Waals surface area (Å²) in [5.74, 6) is 0. The predicted octanol–water partition coefficient (Wildman–Crippen LogP) is 5.31. The largest absolute Gasteiger partial charge is 0.344 e. The van der Waals surface area contributed by atoms with E-state index in [-0.39, 0.29) is 0 Å². The molecule has 0 fully saturated rings. The summed E-state index contributed by atoms with van der Waals surface area (Å²) in [6, 6.07) is 8.73. The van der Waals surface area contributed by atoms with Crippen LogP contribution < -0.4 is 4.90 Å². The van der Waals surface area contributed by atoms with Crippen molar-refractivity contribution in [2.75, 3.05) is 11.9 Å². The molecule has 0 spiro atoms. The predicted molar refractivity (Wildman–Crippen MR) is 89.4 cm³/mol. The van der Waals surface area contributed by atoms with Crippen molar-refractivity contribution < 1.29 is 0 Å². The third-order valence-corrected chi connectivity index (χ3v) is 4.72. The maximum Gasteiger partial charge on any atom is 0.0473 e. The van der Waals surface area contributed by atoms with Gasteiger partial charge in [0.15, 0.2) is 0 Å². The lowest BCUT2D eigenvalue weighted by Crippen LogP contribution is -2.14. The number of benzene rings is 2. The number of rotatable bonds is 2. The van der Waals surface area contributed by atoms with E-state index in [2.05, 4.69) is 77.8 Å². The molecule has 0 aliphatic carbocycles. The molecule has 106 valence electrons. The van der Waals surface area contributed by atoms with Crippen LogP contribution >= 0.6 is 0 Å². The van der Waals surface area contributed by atoms with Gasteiger partial charge in [-0.15, -0.1) is 0 Å². The average Bonchev–Trinajstić information content (AvgIpc) is 2.44. The summed E-state index contributed by atoms with van der Waals surface area (Å²) in [4.78, 5) is 2.31. The monoisotopic (exact) mass is 267 g/mol. The van der Waals surface area contributed by atoms with Gasteiger partial charge in [0.2, 0.25) is 0 Å². The van der Waals surface area contributed by atoms with E-state index in [1.54, 1.807) is 0 Å². The van der Waals surface area contributed by atoms with Crippen molar-refractivity contribution in [3.63, 3.8) is 0 Å². The van der Waals surface area contributed by atoms with Gasteiger partial charge in [0.25, 0.3) is 0 Å². The van der Waals surface area contributed by atoms with Crippen LogP contribution in [0.2, 0.25) is 0 Å². The van der Waals surface area contributed by atoms with E-state index in [9.17, 15) is 0 Å². The third kappa shape index (κ3) is 2.33. The summed E-state index contributed by atoms with van der Waals surface area (Å²) in [5, 5.41) is 0. The van der Waals surface area contributed by atoms with E-state index >= 15 is 0 Å². The summed E-state index contributed by atoms with van der Waals surface area (Å²) < 4.78 is 0. The van der Waals surface area contributed by atoms with Crippen molar-refractivity contribution in [2.24, 2.45) is 0 Å². The highest BCUT2D eigenvalue weighted by Gasteiger charge is 2.16. The van der Waals surface area contributed by atoms with Crippen molar-refractivity contribution >= 4 is 11.4 Å². The number of nitrogens with zero attached hydrogens (tertiary/aromatic N) is 1. The number of hydrogen-bond donors (Lipinski definition) is 0. The van der Waals surface area contributed by atoms with E-state index in [0.29, 0.717) is 0 Å². The average molecular weight is 267 g/mol. The summed E-state index contributed by atoms with van der Waals surface area (Å²) in [6.07, 6.45) is 0. The zero-order valence-electron chi connectivity index (χ0n) is 13.8. The first kappa shape index (κ1) is 14.6. The fourth-order valence-electron chi connectivity index (χ4n) is 2.88. The van der Waals surface area contributed by atoms with Crippen LogP contribution in [0.1, 0.15) is 33.4 Å². The second kappa shape index (κ2) is 5.32. The summed E-state index contributed by atoms with van der Waals surface area (Å²) in [7, 11) is 2.16. The van der Waals surface area contributed by atoms with Gasteiger partial charge in [-0.1, -0.05) is 17.7 Å². The normalized spacial score (nSPS) is 10.8. The maximum absolute atomic E-state index is 2.31. The van der Waals surface area contributed by atoms with Crippen LogP contribution in [-0.4, -0.2) is 7.05 Å². The van der Waals surface area contributed by atoms with Gasteiger partial charge in [-0.3, -0.25) is 0 Å². The molecule has 2 aromatic carbocycles. The molecular formula is C19H25N. The fraction of sp³-hybridized carbons (Fsp3) is 0.368. The SMILES string of the molecule is Cc1ccc(N(C)c2c(C)c(C)c(C)c(C)c2C)cc1. The van der Waals surface area contributed by atoms with Crippen molar-refractivity contribution in [3.8, 4) is 0 Å². The molecule has 0 amide bonds. The van der Waals surface area contributed by atoms with Crippen LogP contribution in [0.4, 0.5) is 11.4 Å². The lowest BCUT2D eigenvalue weighted by atomic mass is 9.92. The van der Waals surface area contributed by atoms with Crippen LogP contribution in [0.5, 0.6) is 0 Å². The van der Waals surface area contributed by atoms with Crippen LogP contribution in [0.15, 0.2) is 24.3 Å². The van der Waals surface area contributed by atoms with Crippen molar-refractivity contribution in [3.05, 3.63) is 57.6 Å². The molecule has 0 aliphatic rings. The van der Waals surface area contributed by atoms with Crippen LogP contribution in [0, 0.1) is 41.5 Å².